The highest BCUT2D eigenvalue weighted by atomic mass is 32.1. The molecule has 2 aromatic carbocycles. The number of likely N-dealkylation sites (tertiary alicyclic amines) is 1. The summed E-state index contributed by atoms with van der Waals surface area (Å²) in [6, 6.07) is 21.0. The Kier molecular flexibility index (Phi) is 8.11. The third-order valence-corrected chi connectivity index (χ3v) is 6.61. The molecule has 3 aromatic rings. The molecule has 4 rings (SSSR count). The Hall–Kier alpha value is -3.16. The number of hydrogen-bond donors (Lipinski definition) is 2. The number of nitrogens with zero attached hydrogens (tertiary/aromatic N) is 1. The van der Waals surface area contributed by atoms with Crippen molar-refractivity contribution >= 4 is 28.8 Å². The second kappa shape index (κ2) is 11.6. The van der Waals surface area contributed by atoms with Crippen LogP contribution in [0.25, 0.3) is 0 Å². The van der Waals surface area contributed by atoms with Gasteiger partial charge in [-0.2, -0.15) is 0 Å². The van der Waals surface area contributed by atoms with E-state index in [1.165, 1.54) is 4.88 Å². The number of ether oxygens (including phenoxy) is 1. The van der Waals surface area contributed by atoms with Crippen molar-refractivity contribution < 1.29 is 14.3 Å². The van der Waals surface area contributed by atoms with Crippen LogP contribution in [-0.2, 0) is 16.0 Å². The number of piperidine rings is 1. The number of rotatable bonds is 9. The highest BCUT2D eigenvalue weighted by molar-refractivity contribution is 7.09. The van der Waals surface area contributed by atoms with Crippen LogP contribution in [0.1, 0.15) is 17.7 Å². The zero-order chi connectivity index (χ0) is 22.9. The molecular formula is C26H29N3O3S. The minimum Gasteiger partial charge on any atom is -0.457 e. The lowest BCUT2D eigenvalue weighted by Gasteiger charge is -2.30. The molecule has 1 saturated heterocycles. The van der Waals surface area contributed by atoms with Gasteiger partial charge in [-0.05, 0) is 68.1 Å². The average molecular weight is 464 g/mol. The molecule has 2 heterocycles. The molecule has 7 heteroatoms. The SMILES string of the molecule is O=C(CN1CCC(C(=O)NCCc2cccs2)CC1)Nc1cccc(Oc2ccccc2)c1. The highest BCUT2D eigenvalue weighted by Crippen LogP contribution is 2.24. The van der Waals surface area contributed by atoms with Crippen LogP contribution in [0.4, 0.5) is 5.69 Å². The third kappa shape index (κ3) is 7.17. The van der Waals surface area contributed by atoms with Crippen LogP contribution in [0.15, 0.2) is 72.1 Å². The monoisotopic (exact) mass is 463 g/mol. The third-order valence-electron chi connectivity index (χ3n) is 5.67. The zero-order valence-electron chi connectivity index (χ0n) is 18.5. The van der Waals surface area contributed by atoms with E-state index in [0.29, 0.717) is 24.5 Å². The fourth-order valence-electron chi connectivity index (χ4n) is 3.93. The van der Waals surface area contributed by atoms with Crippen LogP contribution in [0.3, 0.4) is 0 Å². The Morgan fingerprint density at radius 3 is 2.52 bits per heavy atom. The molecule has 2 N–H and O–H groups in total. The van der Waals surface area contributed by atoms with Gasteiger partial charge in [0.1, 0.15) is 11.5 Å². The van der Waals surface area contributed by atoms with E-state index in [4.69, 9.17) is 4.74 Å². The smallest absolute Gasteiger partial charge is 0.238 e. The maximum Gasteiger partial charge on any atom is 0.238 e. The first kappa shape index (κ1) is 23.0. The first-order valence-corrected chi connectivity index (χ1v) is 12.2. The summed E-state index contributed by atoms with van der Waals surface area (Å²) < 4.78 is 5.83. The number of anilines is 1. The highest BCUT2D eigenvalue weighted by Gasteiger charge is 2.25. The van der Waals surface area contributed by atoms with Crippen molar-refractivity contribution in [3.05, 3.63) is 77.0 Å². The lowest BCUT2D eigenvalue weighted by Crippen LogP contribution is -2.43. The summed E-state index contributed by atoms with van der Waals surface area (Å²) >= 11 is 1.71. The standard InChI is InChI=1S/C26H29N3O3S/c30-25(28-21-6-4-9-23(18-21)32-22-7-2-1-3-8-22)19-29-15-12-20(13-16-29)26(31)27-14-11-24-10-5-17-33-24/h1-10,17-18,20H,11-16,19H2,(H,27,31)(H,28,30). The topological polar surface area (TPSA) is 70.7 Å². The quantitative estimate of drug-likeness (QED) is 0.488. The van der Waals surface area contributed by atoms with Crippen molar-refractivity contribution in [1.82, 2.24) is 10.2 Å². The van der Waals surface area contributed by atoms with E-state index in [1.807, 2.05) is 60.7 Å². The van der Waals surface area contributed by atoms with Crippen molar-refractivity contribution in [1.29, 1.82) is 0 Å². The summed E-state index contributed by atoms with van der Waals surface area (Å²) in [5.74, 6) is 1.51. The Morgan fingerprint density at radius 1 is 0.970 bits per heavy atom. The predicted octanol–water partition coefficient (Wildman–Crippen LogP) is 4.55. The summed E-state index contributed by atoms with van der Waals surface area (Å²) in [6.07, 6.45) is 2.43. The Balaban J connectivity index is 1.18. The van der Waals surface area contributed by atoms with Gasteiger partial charge in [0.05, 0.1) is 6.54 Å². The normalized spacial score (nSPS) is 14.5. The molecule has 33 heavy (non-hydrogen) atoms. The number of thiophene rings is 1. The summed E-state index contributed by atoms with van der Waals surface area (Å²) in [5, 5.41) is 8.07. The number of amides is 2. The molecule has 1 aliphatic heterocycles. The van der Waals surface area contributed by atoms with Crippen LogP contribution in [0, 0.1) is 5.92 Å². The van der Waals surface area contributed by atoms with Gasteiger partial charge in [0.25, 0.3) is 0 Å². The first-order valence-electron chi connectivity index (χ1n) is 11.3. The maximum atomic E-state index is 12.5. The Bertz CT molecular complexity index is 1030. The number of benzene rings is 2. The van der Waals surface area contributed by atoms with Gasteiger partial charge in [0.15, 0.2) is 0 Å². The molecule has 0 atom stereocenters. The van der Waals surface area contributed by atoms with Gasteiger partial charge in [-0.3, -0.25) is 14.5 Å². The van der Waals surface area contributed by atoms with E-state index in [9.17, 15) is 9.59 Å². The average Bonchev–Trinajstić information content (AvgIpc) is 3.34. The summed E-state index contributed by atoms with van der Waals surface area (Å²) in [6.45, 7) is 2.48. The van der Waals surface area contributed by atoms with Gasteiger partial charge in [-0.1, -0.05) is 30.3 Å². The fraction of sp³-hybridized carbons (Fsp3) is 0.308. The van der Waals surface area contributed by atoms with E-state index >= 15 is 0 Å². The van der Waals surface area contributed by atoms with Gasteiger partial charge in [0, 0.05) is 29.1 Å². The van der Waals surface area contributed by atoms with Crippen LogP contribution >= 0.6 is 11.3 Å². The number of hydrogen-bond acceptors (Lipinski definition) is 5. The van der Waals surface area contributed by atoms with E-state index in [1.54, 1.807) is 11.3 Å². The van der Waals surface area contributed by atoms with Crippen molar-refractivity contribution in [2.24, 2.45) is 5.92 Å². The van der Waals surface area contributed by atoms with E-state index in [2.05, 4.69) is 27.0 Å². The summed E-state index contributed by atoms with van der Waals surface area (Å²) in [5.41, 5.74) is 0.702. The molecule has 0 spiro atoms. The molecule has 1 fully saturated rings. The zero-order valence-corrected chi connectivity index (χ0v) is 19.4. The lowest BCUT2D eigenvalue weighted by atomic mass is 9.96. The van der Waals surface area contributed by atoms with Gasteiger partial charge >= 0.3 is 0 Å². The van der Waals surface area contributed by atoms with Crippen LogP contribution in [0.2, 0.25) is 0 Å². The molecule has 6 nitrogen and oxygen atoms in total. The van der Waals surface area contributed by atoms with Gasteiger partial charge in [-0.25, -0.2) is 0 Å². The molecule has 0 radical (unpaired) electrons. The van der Waals surface area contributed by atoms with Crippen molar-refractivity contribution in [2.75, 3.05) is 31.5 Å². The van der Waals surface area contributed by atoms with Gasteiger partial charge < -0.3 is 15.4 Å². The minimum absolute atomic E-state index is 0.0273. The molecule has 1 aliphatic rings. The molecule has 0 unspecified atom stereocenters. The van der Waals surface area contributed by atoms with E-state index in [0.717, 1.165) is 38.1 Å². The van der Waals surface area contributed by atoms with Crippen molar-refractivity contribution in [3.63, 3.8) is 0 Å². The molecule has 172 valence electrons. The summed E-state index contributed by atoms with van der Waals surface area (Å²) in [4.78, 5) is 28.4. The number of carbonyl (C=O) groups is 2. The molecule has 2 amide bonds. The molecular weight excluding hydrogens is 434 g/mol. The van der Waals surface area contributed by atoms with Gasteiger partial charge in [0.2, 0.25) is 11.8 Å². The van der Waals surface area contributed by atoms with E-state index < -0.39 is 0 Å². The second-order valence-corrected chi connectivity index (χ2v) is 9.19. The Morgan fingerprint density at radius 2 is 1.76 bits per heavy atom. The fourth-order valence-corrected chi connectivity index (χ4v) is 4.64. The van der Waals surface area contributed by atoms with Crippen LogP contribution < -0.4 is 15.4 Å². The number of nitrogens with one attached hydrogen (secondary N) is 2. The Labute approximate surface area is 198 Å². The molecule has 1 aromatic heterocycles. The van der Waals surface area contributed by atoms with Crippen molar-refractivity contribution in [2.45, 2.75) is 19.3 Å². The van der Waals surface area contributed by atoms with Crippen LogP contribution in [0.5, 0.6) is 11.5 Å². The number of para-hydroxylation sites is 1. The van der Waals surface area contributed by atoms with Crippen molar-refractivity contribution in [3.8, 4) is 11.5 Å². The minimum atomic E-state index is -0.0642. The largest absolute Gasteiger partial charge is 0.457 e. The lowest BCUT2D eigenvalue weighted by molar-refractivity contribution is -0.126. The predicted molar refractivity (Wildman–Crippen MR) is 132 cm³/mol. The first-order chi connectivity index (χ1) is 16.2. The summed E-state index contributed by atoms with van der Waals surface area (Å²) in [7, 11) is 0. The number of carbonyl (C=O) groups excluding carboxylic acids is 2. The molecule has 0 bridgehead atoms. The van der Waals surface area contributed by atoms with E-state index in [-0.39, 0.29) is 17.7 Å². The molecule has 0 saturated carbocycles. The van der Waals surface area contributed by atoms with Gasteiger partial charge in [-0.15, -0.1) is 11.3 Å². The second-order valence-electron chi connectivity index (χ2n) is 8.16. The maximum absolute atomic E-state index is 12.5. The van der Waals surface area contributed by atoms with Crippen LogP contribution in [-0.4, -0.2) is 42.9 Å². The molecule has 0 aliphatic carbocycles.